The largest absolute Gasteiger partial charge is 0.454 e. The first kappa shape index (κ1) is 19.4. The van der Waals surface area contributed by atoms with Gasteiger partial charge < -0.3 is 29.3 Å². The zero-order valence-corrected chi connectivity index (χ0v) is 16.4. The molecule has 1 aromatic carbocycles. The zero-order valence-electron chi connectivity index (χ0n) is 16.4. The van der Waals surface area contributed by atoms with Crippen molar-refractivity contribution in [3.63, 3.8) is 0 Å². The Morgan fingerprint density at radius 3 is 2.55 bits per heavy atom. The van der Waals surface area contributed by atoms with Crippen molar-refractivity contribution < 1.29 is 28.6 Å². The predicted octanol–water partition coefficient (Wildman–Crippen LogP) is 1.22. The van der Waals surface area contributed by atoms with Crippen LogP contribution < -0.4 is 14.8 Å². The van der Waals surface area contributed by atoms with Gasteiger partial charge in [-0.2, -0.15) is 0 Å². The number of nitrogens with zero attached hydrogens (tertiary/aromatic N) is 2. The molecular formula is C20H25N3O6. The topological polar surface area (TPSA) is 97.4 Å². The second-order valence-corrected chi connectivity index (χ2v) is 7.44. The third-order valence-corrected chi connectivity index (χ3v) is 5.53. The lowest BCUT2D eigenvalue weighted by Crippen LogP contribution is -2.57. The lowest BCUT2D eigenvalue weighted by molar-refractivity contribution is -0.130. The van der Waals surface area contributed by atoms with Gasteiger partial charge in [0.2, 0.25) is 12.7 Å². The van der Waals surface area contributed by atoms with Crippen molar-refractivity contribution in [1.29, 1.82) is 0 Å². The molecule has 0 saturated carbocycles. The van der Waals surface area contributed by atoms with E-state index in [-0.39, 0.29) is 36.7 Å². The van der Waals surface area contributed by atoms with E-state index in [9.17, 15) is 14.4 Å². The maximum absolute atomic E-state index is 12.6. The van der Waals surface area contributed by atoms with Gasteiger partial charge in [-0.25, -0.2) is 4.79 Å². The van der Waals surface area contributed by atoms with Crippen molar-refractivity contribution in [1.82, 2.24) is 15.1 Å². The van der Waals surface area contributed by atoms with E-state index in [4.69, 9.17) is 14.2 Å². The highest BCUT2D eigenvalue weighted by Crippen LogP contribution is 2.33. The summed E-state index contributed by atoms with van der Waals surface area (Å²) in [7, 11) is 0. The first-order valence-corrected chi connectivity index (χ1v) is 9.96. The molecule has 0 spiro atoms. The summed E-state index contributed by atoms with van der Waals surface area (Å²) < 4.78 is 15.6. The quantitative estimate of drug-likeness (QED) is 0.812. The van der Waals surface area contributed by atoms with E-state index < -0.39 is 0 Å². The molecule has 9 nitrogen and oxygen atoms in total. The summed E-state index contributed by atoms with van der Waals surface area (Å²) in [5.74, 6) is 0.858. The van der Waals surface area contributed by atoms with Gasteiger partial charge in [-0.15, -0.1) is 0 Å². The number of nitrogens with one attached hydrogen (secondary N) is 1. The Bertz CT molecular complexity index is 799. The standard InChI is InChI=1S/C20H25N3O6/c1-2-27-20(26)22-7-5-15(6-8-22)21-18(24)14-10-23(11-14)19(25)13-3-4-16-17(9-13)29-12-28-16/h3-4,9,14-15H,2,5-8,10-12H2,1H3,(H,21,24). The van der Waals surface area contributed by atoms with E-state index >= 15 is 0 Å². The average Bonchev–Trinajstić information content (AvgIpc) is 3.15. The number of benzene rings is 1. The number of ether oxygens (including phenoxy) is 3. The molecule has 3 aliphatic rings. The van der Waals surface area contributed by atoms with Crippen LogP contribution >= 0.6 is 0 Å². The summed E-state index contributed by atoms with van der Waals surface area (Å²) >= 11 is 0. The minimum atomic E-state index is -0.297. The number of hydrogen-bond donors (Lipinski definition) is 1. The minimum Gasteiger partial charge on any atom is -0.454 e. The molecule has 0 bridgehead atoms. The Kier molecular flexibility index (Phi) is 5.46. The van der Waals surface area contributed by atoms with Gasteiger partial charge in [-0.05, 0) is 38.0 Å². The van der Waals surface area contributed by atoms with Gasteiger partial charge in [-0.1, -0.05) is 0 Å². The fraction of sp³-hybridized carbons (Fsp3) is 0.550. The van der Waals surface area contributed by atoms with E-state index in [0.717, 1.165) is 0 Å². The fourth-order valence-corrected chi connectivity index (χ4v) is 3.76. The number of amides is 3. The van der Waals surface area contributed by atoms with Gasteiger partial charge in [-0.3, -0.25) is 9.59 Å². The van der Waals surface area contributed by atoms with Crippen molar-refractivity contribution >= 4 is 17.9 Å². The molecule has 0 aliphatic carbocycles. The van der Waals surface area contributed by atoms with Crippen LogP contribution in [0.4, 0.5) is 4.79 Å². The summed E-state index contributed by atoms with van der Waals surface area (Å²) in [6.07, 6.45) is 1.11. The molecular weight excluding hydrogens is 378 g/mol. The smallest absolute Gasteiger partial charge is 0.409 e. The molecule has 3 heterocycles. The lowest BCUT2D eigenvalue weighted by atomic mass is 9.96. The highest BCUT2D eigenvalue weighted by Gasteiger charge is 2.37. The SMILES string of the molecule is CCOC(=O)N1CCC(NC(=O)C2CN(C(=O)c3ccc4c(c3)OCO4)C2)CC1. The normalized spacial score (nSPS) is 18.9. The van der Waals surface area contributed by atoms with E-state index in [0.29, 0.717) is 62.7 Å². The Labute approximate surface area is 168 Å². The second kappa shape index (κ2) is 8.18. The monoisotopic (exact) mass is 403 g/mol. The Balaban J connectivity index is 1.21. The molecule has 4 rings (SSSR count). The number of likely N-dealkylation sites (tertiary alicyclic amines) is 2. The molecule has 9 heteroatoms. The van der Waals surface area contributed by atoms with Crippen LogP contribution in [0.3, 0.4) is 0 Å². The molecule has 1 aromatic rings. The molecule has 1 N–H and O–H groups in total. The maximum atomic E-state index is 12.6. The van der Waals surface area contributed by atoms with Crippen molar-refractivity contribution in [3.8, 4) is 11.5 Å². The molecule has 2 fully saturated rings. The highest BCUT2D eigenvalue weighted by atomic mass is 16.7. The highest BCUT2D eigenvalue weighted by molar-refractivity contribution is 5.96. The molecule has 2 saturated heterocycles. The Morgan fingerprint density at radius 1 is 1.10 bits per heavy atom. The van der Waals surface area contributed by atoms with Crippen molar-refractivity contribution in [2.75, 3.05) is 39.6 Å². The number of piperidine rings is 1. The van der Waals surface area contributed by atoms with Crippen LogP contribution in [0.2, 0.25) is 0 Å². The maximum Gasteiger partial charge on any atom is 0.409 e. The van der Waals surface area contributed by atoms with Gasteiger partial charge in [0.15, 0.2) is 11.5 Å². The summed E-state index contributed by atoms with van der Waals surface area (Å²) in [6, 6.07) is 5.16. The van der Waals surface area contributed by atoms with Crippen molar-refractivity contribution in [3.05, 3.63) is 23.8 Å². The van der Waals surface area contributed by atoms with Crippen molar-refractivity contribution in [2.45, 2.75) is 25.8 Å². The number of hydrogen-bond acceptors (Lipinski definition) is 6. The summed E-state index contributed by atoms with van der Waals surface area (Å²) in [5, 5.41) is 3.05. The van der Waals surface area contributed by atoms with Gasteiger partial charge in [0, 0.05) is 37.8 Å². The average molecular weight is 403 g/mol. The molecule has 3 aliphatic heterocycles. The Hall–Kier alpha value is -2.97. The molecule has 3 amide bonds. The zero-order chi connectivity index (χ0) is 20.4. The van der Waals surface area contributed by atoms with Crippen LogP contribution in [0.25, 0.3) is 0 Å². The molecule has 0 unspecified atom stereocenters. The number of carbonyl (C=O) groups excluding carboxylic acids is 3. The van der Waals surface area contributed by atoms with Gasteiger partial charge >= 0.3 is 6.09 Å². The van der Waals surface area contributed by atoms with Crippen LogP contribution in [0, 0.1) is 5.92 Å². The first-order valence-electron chi connectivity index (χ1n) is 9.96. The van der Waals surface area contributed by atoms with E-state index in [1.165, 1.54) is 0 Å². The van der Waals surface area contributed by atoms with Gasteiger partial charge in [0.1, 0.15) is 0 Å². The minimum absolute atomic E-state index is 0.0330. The van der Waals surface area contributed by atoms with Crippen LogP contribution in [-0.4, -0.2) is 73.3 Å². The van der Waals surface area contributed by atoms with E-state index in [1.54, 1.807) is 34.9 Å². The molecule has 156 valence electrons. The summed E-state index contributed by atoms with van der Waals surface area (Å²) in [5.41, 5.74) is 0.527. The molecule has 29 heavy (non-hydrogen) atoms. The summed E-state index contributed by atoms with van der Waals surface area (Å²) in [4.78, 5) is 40.1. The third-order valence-electron chi connectivity index (χ3n) is 5.53. The molecule has 0 atom stereocenters. The number of fused-ring (bicyclic) bond motifs is 1. The van der Waals surface area contributed by atoms with E-state index in [2.05, 4.69) is 5.32 Å². The summed E-state index contributed by atoms with van der Waals surface area (Å²) in [6.45, 7) is 4.26. The van der Waals surface area contributed by atoms with Crippen LogP contribution in [-0.2, 0) is 9.53 Å². The first-order chi connectivity index (χ1) is 14.0. The third kappa shape index (κ3) is 4.08. The predicted molar refractivity (Wildman–Crippen MR) is 102 cm³/mol. The number of carbonyl (C=O) groups is 3. The van der Waals surface area contributed by atoms with Gasteiger partial charge in [0.25, 0.3) is 5.91 Å². The van der Waals surface area contributed by atoms with Crippen molar-refractivity contribution in [2.24, 2.45) is 5.92 Å². The number of rotatable bonds is 4. The Morgan fingerprint density at radius 2 is 1.83 bits per heavy atom. The van der Waals surface area contributed by atoms with Crippen LogP contribution in [0.1, 0.15) is 30.1 Å². The second-order valence-electron chi connectivity index (χ2n) is 7.44. The molecule has 0 radical (unpaired) electrons. The van der Waals surface area contributed by atoms with Crippen LogP contribution in [0.5, 0.6) is 11.5 Å². The molecule has 0 aromatic heterocycles. The lowest BCUT2D eigenvalue weighted by Gasteiger charge is -2.39. The van der Waals surface area contributed by atoms with Gasteiger partial charge in [0.05, 0.1) is 12.5 Å². The fourth-order valence-electron chi connectivity index (χ4n) is 3.76. The van der Waals surface area contributed by atoms with Crippen LogP contribution in [0.15, 0.2) is 18.2 Å². The van der Waals surface area contributed by atoms with E-state index in [1.807, 2.05) is 0 Å².